The largest absolute Gasteiger partial charge is 0.467 e. The number of furan rings is 1. The highest BCUT2D eigenvalue weighted by Gasteiger charge is 2.15. The van der Waals surface area contributed by atoms with Crippen molar-refractivity contribution in [1.29, 1.82) is 0 Å². The molecule has 4 rings (SSSR count). The number of nitrogens with zero attached hydrogens (tertiary/aromatic N) is 3. The number of carbonyl (C=O) groups is 2. The van der Waals surface area contributed by atoms with Crippen molar-refractivity contribution < 1.29 is 14.0 Å². The van der Waals surface area contributed by atoms with Gasteiger partial charge in [-0.25, -0.2) is 0 Å². The second-order valence-corrected chi connectivity index (χ2v) is 8.37. The topological polar surface area (TPSA) is 102 Å². The zero-order chi connectivity index (χ0) is 23.2. The summed E-state index contributed by atoms with van der Waals surface area (Å²) >= 11 is 7.40. The molecule has 2 aromatic heterocycles. The first-order chi connectivity index (χ1) is 16.0. The molecule has 0 fully saturated rings. The second kappa shape index (κ2) is 10.4. The highest BCUT2D eigenvalue weighted by Crippen LogP contribution is 2.25. The molecular weight excluding hydrogens is 462 g/mol. The van der Waals surface area contributed by atoms with E-state index in [-0.39, 0.29) is 17.6 Å². The van der Waals surface area contributed by atoms with Crippen molar-refractivity contribution in [3.05, 3.63) is 83.3 Å². The summed E-state index contributed by atoms with van der Waals surface area (Å²) in [4.78, 5) is 24.7. The van der Waals surface area contributed by atoms with Crippen LogP contribution in [0.3, 0.4) is 0 Å². The van der Waals surface area contributed by atoms with E-state index >= 15 is 0 Å². The van der Waals surface area contributed by atoms with Crippen molar-refractivity contribution in [2.24, 2.45) is 7.05 Å². The van der Waals surface area contributed by atoms with E-state index in [1.54, 1.807) is 53.3 Å². The first-order valence-corrected chi connectivity index (χ1v) is 11.3. The van der Waals surface area contributed by atoms with Gasteiger partial charge in [-0.05, 0) is 36.4 Å². The van der Waals surface area contributed by atoms with Gasteiger partial charge in [-0.1, -0.05) is 47.6 Å². The zero-order valence-corrected chi connectivity index (χ0v) is 19.2. The number of benzene rings is 2. The predicted octanol–water partition coefficient (Wildman–Crippen LogP) is 4.39. The van der Waals surface area contributed by atoms with Crippen LogP contribution in [0.25, 0.3) is 11.4 Å². The molecular formula is C23H20ClN5O3S. The predicted molar refractivity (Wildman–Crippen MR) is 127 cm³/mol. The summed E-state index contributed by atoms with van der Waals surface area (Å²) < 4.78 is 7.01. The first-order valence-electron chi connectivity index (χ1n) is 9.99. The highest BCUT2D eigenvalue weighted by atomic mass is 35.5. The molecule has 0 bridgehead atoms. The standard InChI is InChI=1S/C23H20ClN5O3S/c1-29-21(27-28-23(29)33-14-20(30)25-13-17-8-5-11-32-17)15-6-4-7-16(12-15)26-22(31)18-9-2-3-10-19(18)24/h2-12H,13-14H2,1H3,(H,25,30)(H,26,31). The third kappa shape index (κ3) is 5.63. The van der Waals surface area contributed by atoms with Gasteiger partial charge in [-0.3, -0.25) is 9.59 Å². The van der Waals surface area contributed by atoms with Gasteiger partial charge < -0.3 is 19.6 Å². The number of hydrogen-bond acceptors (Lipinski definition) is 6. The second-order valence-electron chi connectivity index (χ2n) is 7.02. The van der Waals surface area contributed by atoms with Gasteiger partial charge in [0.05, 0.1) is 29.1 Å². The summed E-state index contributed by atoms with van der Waals surface area (Å²) in [5.74, 6) is 1.07. The average molecular weight is 482 g/mol. The maximum absolute atomic E-state index is 12.6. The van der Waals surface area contributed by atoms with E-state index in [0.717, 1.165) is 5.56 Å². The molecule has 168 valence electrons. The van der Waals surface area contributed by atoms with Crippen molar-refractivity contribution in [1.82, 2.24) is 20.1 Å². The van der Waals surface area contributed by atoms with Gasteiger partial charge in [0.2, 0.25) is 5.91 Å². The number of anilines is 1. The van der Waals surface area contributed by atoms with E-state index in [0.29, 0.717) is 39.6 Å². The summed E-state index contributed by atoms with van der Waals surface area (Å²) in [6, 6.07) is 17.7. The fourth-order valence-corrected chi connectivity index (χ4v) is 4.01. The summed E-state index contributed by atoms with van der Waals surface area (Å²) in [5, 5.41) is 15.1. The summed E-state index contributed by atoms with van der Waals surface area (Å²) in [6.07, 6.45) is 1.56. The lowest BCUT2D eigenvalue weighted by atomic mass is 10.1. The zero-order valence-electron chi connectivity index (χ0n) is 17.6. The number of aromatic nitrogens is 3. The average Bonchev–Trinajstić information content (AvgIpc) is 3.46. The van der Waals surface area contributed by atoms with E-state index in [9.17, 15) is 9.59 Å². The molecule has 0 saturated carbocycles. The Morgan fingerprint density at radius 1 is 1.09 bits per heavy atom. The molecule has 0 aliphatic rings. The monoisotopic (exact) mass is 481 g/mol. The van der Waals surface area contributed by atoms with Crippen LogP contribution in [-0.4, -0.2) is 32.3 Å². The minimum Gasteiger partial charge on any atom is -0.467 e. The maximum atomic E-state index is 12.6. The van der Waals surface area contributed by atoms with Gasteiger partial charge in [-0.15, -0.1) is 10.2 Å². The Balaban J connectivity index is 1.40. The van der Waals surface area contributed by atoms with Gasteiger partial charge in [0.25, 0.3) is 5.91 Å². The van der Waals surface area contributed by atoms with Crippen molar-refractivity contribution in [2.45, 2.75) is 11.7 Å². The quantitative estimate of drug-likeness (QED) is 0.362. The lowest BCUT2D eigenvalue weighted by Gasteiger charge is -2.09. The third-order valence-corrected chi connectivity index (χ3v) is 6.05. The van der Waals surface area contributed by atoms with Crippen LogP contribution in [0.1, 0.15) is 16.1 Å². The van der Waals surface area contributed by atoms with Gasteiger partial charge >= 0.3 is 0 Å². The van der Waals surface area contributed by atoms with Crippen LogP contribution in [-0.2, 0) is 18.4 Å². The molecule has 33 heavy (non-hydrogen) atoms. The lowest BCUT2D eigenvalue weighted by Crippen LogP contribution is -2.24. The minimum absolute atomic E-state index is 0.134. The van der Waals surface area contributed by atoms with Crippen molar-refractivity contribution in [2.75, 3.05) is 11.1 Å². The number of rotatable bonds is 8. The third-order valence-electron chi connectivity index (χ3n) is 4.70. The molecule has 0 aliphatic heterocycles. The summed E-state index contributed by atoms with van der Waals surface area (Å²) in [7, 11) is 1.83. The number of amides is 2. The van der Waals surface area contributed by atoms with Crippen molar-refractivity contribution >= 4 is 40.9 Å². The highest BCUT2D eigenvalue weighted by molar-refractivity contribution is 7.99. The van der Waals surface area contributed by atoms with E-state index in [2.05, 4.69) is 20.8 Å². The molecule has 2 aromatic carbocycles. The molecule has 0 aliphatic carbocycles. The first kappa shape index (κ1) is 22.6. The van der Waals surface area contributed by atoms with Crippen LogP contribution in [0.15, 0.2) is 76.5 Å². The van der Waals surface area contributed by atoms with E-state index in [4.69, 9.17) is 16.0 Å². The molecule has 0 radical (unpaired) electrons. The molecule has 0 atom stereocenters. The van der Waals surface area contributed by atoms with E-state index < -0.39 is 0 Å². The lowest BCUT2D eigenvalue weighted by molar-refractivity contribution is -0.118. The Bertz CT molecular complexity index is 1270. The number of carbonyl (C=O) groups excluding carboxylic acids is 2. The Kier molecular flexibility index (Phi) is 7.11. The molecule has 10 heteroatoms. The fourth-order valence-electron chi connectivity index (χ4n) is 3.05. The molecule has 2 heterocycles. The molecule has 0 spiro atoms. The normalized spacial score (nSPS) is 10.7. The van der Waals surface area contributed by atoms with Gasteiger partial charge in [0.15, 0.2) is 11.0 Å². The smallest absolute Gasteiger partial charge is 0.257 e. The van der Waals surface area contributed by atoms with Crippen LogP contribution < -0.4 is 10.6 Å². The Morgan fingerprint density at radius 2 is 1.94 bits per heavy atom. The van der Waals surface area contributed by atoms with Crippen molar-refractivity contribution in [3.8, 4) is 11.4 Å². The summed E-state index contributed by atoms with van der Waals surface area (Å²) in [6.45, 7) is 0.336. The molecule has 0 saturated heterocycles. The maximum Gasteiger partial charge on any atom is 0.257 e. The fraction of sp³-hybridized carbons (Fsp3) is 0.130. The SMILES string of the molecule is Cn1c(SCC(=O)NCc2ccco2)nnc1-c1cccc(NC(=O)c2ccccc2Cl)c1. The molecule has 8 nitrogen and oxygen atoms in total. The Labute approximate surface area is 199 Å². The van der Waals surface area contributed by atoms with Crippen LogP contribution >= 0.6 is 23.4 Å². The summed E-state index contributed by atoms with van der Waals surface area (Å²) in [5.41, 5.74) is 1.77. The van der Waals surface area contributed by atoms with E-state index in [1.807, 2.05) is 25.2 Å². The number of thioether (sulfide) groups is 1. The van der Waals surface area contributed by atoms with Gasteiger partial charge in [-0.2, -0.15) is 0 Å². The Morgan fingerprint density at radius 3 is 2.73 bits per heavy atom. The van der Waals surface area contributed by atoms with E-state index in [1.165, 1.54) is 11.8 Å². The Hall–Kier alpha value is -3.56. The van der Waals surface area contributed by atoms with Crippen molar-refractivity contribution in [3.63, 3.8) is 0 Å². The number of hydrogen-bond donors (Lipinski definition) is 2. The van der Waals surface area contributed by atoms with Crippen LogP contribution in [0.5, 0.6) is 0 Å². The number of halogens is 1. The number of nitrogens with one attached hydrogen (secondary N) is 2. The van der Waals surface area contributed by atoms with Crippen LogP contribution in [0.4, 0.5) is 5.69 Å². The van der Waals surface area contributed by atoms with Crippen LogP contribution in [0, 0.1) is 0 Å². The molecule has 2 amide bonds. The molecule has 0 unspecified atom stereocenters. The van der Waals surface area contributed by atoms with Gasteiger partial charge in [0, 0.05) is 18.3 Å². The molecule has 2 N–H and O–H groups in total. The molecule has 4 aromatic rings. The minimum atomic E-state index is -0.299. The van der Waals surface area contributed by atoms with Gasteiger partial charge in [0.1, 0.15) is 5.76 Å². The van der Waals surface area contributed by atoms with Crippen LogP contribution in [0.2, 0.25) is 5.02 Å².